The van der Waals surface area contributed by atoms with Crippen LogP contribution < -0.4 is 0 Å². The summed E-state index contributed by atoms with van der Waals surface area (Å²) in [5.74, 6) is -1.68. The van der Waals surface area contributed by atoms with Gasteiger partial charge in [0.05, 0.1) is 0 Å². The monoisotopic (exact) mass is 402 g/mol. The molecule has 112 valence electrons. The van der Waals surface area contributed by atoms with Crippen LogP contribution in [-0.2, 0) is 20.8 Å². The van der Waals surface area contributed by atoms with E-state index in [0.717, 1.165) is 14.0 Å². The van der Waals surface area contributed by atoms with Crippen molar-refractivity contribution in [3.8, 4) is 0 Å². The Morgan fingerprint density at radius 3 is 2.52 bits per heavy atom. The molecule has 1 saturated heterocycles. The Hall–Kier alpha value is -1.64. The van der Waals surface area contributed by atoms with Crippen molar-refractivity contribution < 1.29 is 19.5 Å². The quantitative estimate of drug-likeness (QED) is 0.748. The summed E-state index contributed by atoms with van der Waals surface area (Å²) in [4.78, 5) is 37.6. The molecule has 1 N–H and O–H groups in total. The number of rotatable bonds is 4. The third-order valence-corrected chi connectivity index (χ3v) is 4.17. The Balaban J connectivity index is 2.18. The predicted molar refractivity (Wildman–Crippen MR) is 83.6 cm³/mol. The summed E-state index contributed by atoms with van der Waals surface area (Å²) in [5.41, 5.74) is 0.936. The highest BCUT2D eigenvalue weighted by Crippen LogP contribution is 2.17. The number of carboxylic acid groups (broad SMARTS) is 1. The molecule has 1 aromatic carbocycles. The zero-order chi connectivity index (χ0) is 15.6. The van der Waals surface area contributed by atoms with Gasteiger partial charge in [-0.1, -0.05) is 12.1 Å². The molecule has 1 aromatic rings. The first-order chi connectivity index (χ1) is 9.88. The summed E-state index contributed by atoms with van der Waals surface area (Å²) in [6.45, 7) is -0.619. The van der Waals surface area contributed by atoms with Crippen molar-refractivity contribution in [1.82, 2.24) is 9.80 Å². The maximum Gasteiger partial charge on any atom is 0.323 e. The molecule has 2 amide bonds. The minimum Gasteiger partial charge on any atom is -0.480 e. The lowest BCUT2D eigenvalue weighted by atomic mass is 10.0. The summed E-state index contributed by atoms with van der Waals surface area (Å²) in [5, 5.41) is 8.82. The van der Waals surface area contributed by atoms with Gasteiger partial charge < -0.3 is 14.9 Å². The SMILES string of the molecule is CN1C(=O)CN(CC(=O)O)C(=O)C1Cc1ccc(I)cc1. The molecule has 0 spiro atoms. The number of carbonyl (C=O) groups is 3. The molecule has 0 radical (unpaired) electrons. The number of amides is 2. The van der Waals surface area contributed by atoms with E-state index in [4.69, 9.17) is 5.11 Å². The zero-order valence-electron chi connectivity index (χ0n) is 11.5. The Morgan fingerprint density at radius 2 is 1.95 bits per heavy atom. The second-order valence-corrected chi connectivity index (χ2v) is 6.18. The zero-order valence-corrected chi connectivity index (χ0v) is 13.6. The van der Waals surface area contributed by atoms with Gasteiger partial charge in [0.2, 0.25) is 11.8 Å². The first kappa shape index (κ1) is 15.7. The number of hydrogen-bond acceptors (Lipinski definition) is 3. The fourth-order valence-corrected chi connectivity index (χ4v) is 2.63. The number of benzene rings is 1. The number of carboxylic acids is 1. The molecule has 0 saturated carbocycles. The lowest BCUT2D eigenvalue weighted by Crippen LogP contribution is -2.60. The summed E-state index contributed by atoms with van der Waals surface area (Å²) in [7, 11) is 1.58. The van der Waals surface area contributed by atoms with Crippen molar-refractivity contribution in [3.63, 3.8) is 0 Å². The average Bonchev–Trinajstić information content (AvgIpc) is 2.42. The minimum atomic E-state index is -1.12. The number of hydrogen-bond donors (Lipinski definition) is 1. The van der Waals surface area contributed by atoms with E-state index in [9.17, 15) is 14.4 Å². The largest absolute Gasteiger partial charge is 0.480 e. The average molecular weight is 402 g/mol. The number of halogens is 1. The van der Waals surface area contributed by atoms with E-state index in [-0.39, 0.29) is 18.4 Å². The normalized spacial score (nSPS) is 19.0. The number of likely N-dealkylation sites (N-methyl/N-ethyl adjacent to an activating group) is 1. The fraction of sp³-hybridized carbons (Fsp3) is 0.357. The Kier molecular flexibility index (Phi) is 4.81. The van der Waals surface area contributed by atoms with Crippen LogP contribution >= 0.6 is 22.6 Å². The lowest BCUT2D eigenvalue weighted by molar-refractivity contribution is -0.157. The van der Waals surface area contributed by atoms with Crippen LogP contribution in [0.25, 0.3) is 0 Å². The fourth-order valence-electron chi connectivity index (χ4n) is 2.27. The highest BCUT2D eigenvalue weighted by Gasteiger charge is 2.37. The molecule has 7 heteroatoms. The molecule has 1 heterocycles. The van der Waals surface area contributed by atoms with Crippen LogP contribution in [0.2, 0.25) is 0 Å². The van der Waals surface area contributed by atoms with Crippen molar-refractivity contribution in [2.24, 2.45) is 0 Å². The van der Waals surface area contributed by atoms with Crippen molar-refractivity contribution >= 4 is 40.4 Å². The van der Waals surface area contributed by atoms with Gasteiger partial charge in [0.25, 0.3) is 0 Å². The predicted octanol–water partition coefficient (Wildman–Crippen LogP) is 0.588. The number of piperazine rings is 1. The second kappa shape index (κ2) is 6.42. The van der Waals surface area contributed by atoms with Crippen LogP contribution in [0.1, 0.15) is 5.56 Å². The standard InChI is InChI=1S/C14H15IN2O4/c1-16-11(6-9-2-4-10(15)5-3-9)14(21)17(7-12(16)18)8-13(19)20/h2-5,11H,6-8H2,1H3,(H,19,20). The van der Waals surface area contributed by atoms with Gasteiger partial charge in [0.15, 0.2) is 0 Å². The van der Waals surface area contributed by atoms with Gasteiger partial charge in [-0.25, -0.2) is 0 Å². The highest BCUT2D eigenvalue weighted by molar-refractivity contribution is 14.1. The number of carbonyl (C=O) groups excluding carboxylic acids is 2. The topological polar surface area (TPSA) is 77.9 Å². The van der Waals surface area contributed by atoms with Gasteiger partial charge in [0, 0.05) is 17.0 Å². The van der Waals surface area contributed by atoms with E-state index in [0.29, 0.717) is 6.42 Å². The van der Waals surface area contributed by atoms with Crippen LogP contribution in [0.5, 0.6) is 0 Å². The third-order valence-electron chi connectivity index (χ3n) is 3.45. The highest BCUT2D eigenvalue weighted by atomic mass is 127. The molecular weight excluding hydrogens is 387 g/mol. The van der Waals surface area contributed by atoms with Gasteiger partial charge in [-0.2, -0.15) is 0 Å². The molecule has 21 heavy (non-hydrogen) atoms. The summed E-state index contributed by atoms with van der Waals surface area (Å²) >= 11 is 2.19. The molecule has 0 aliphatic carbocycles. The molecule has 0 aromatic heterocycles. The molecule has 1 fully saturated rings. The van der Waals surface area contributed by atoms with E-state index < -0.39 is 18.6 Å². The van der Waals surface area contributed by atoms with Crippen LogP contribution in [0, 0.1) is 3.57 Å². The summed E-state index contributed by atoms with van der Waals surface area (Å²) < 4.78 is 1.09. The van der Waals surface area contributed by atoms with Gasteiger partial charge in [0.1, 0.15) is 19.1 Å². The smallest absolute Gasteiger partial charge is 0.323 e. The van der Waals surface area contributed by atoms with Crippen LogP contribution in [0.4, 0.5) is 0 Å². The van der Waals surface area contributed by atoms with Gasteiger partial charge in [-0.15, -0.1) is 0 Å². The van der Waals surface area contributed by atoms with Gasteiger partial charge >= 0.3 is 5.97 Å². The van der Waals surface area contributed by atoms with E-state index in [1.165, 1.54) is 4.90 Å². The third kappa shape index (κ3) is 3.72. The molecule has 1 aliphatic heterocycles. The van der Waals surface area contributed by atoms with Crippen LogP contribution in [0.3, 0.4) is 0 Å². The van der Waals surface area contributed by atoms with E-state index in [1.807, 2.05) is 24.3 Å². The number of aliphatic carboxylic acids is 1. The van der Waals surface area contributed by atoms with Crippen LogP contribution in [-0.4, -0.2) is 58.9 Å². The molecule has 1 atom stereocenters. The Morgan fingerprint density at radius 1 is 1.33 bits per heavy atom. The lowest BCUT2D eigenvalue weighted by Gasteiger charge is -2.37. The molecule has 1 unspecified atom stereocenters. The van der Waals surface area contributed by atoms with E-state index in [2.05, 4.69) is 22.6 Å². The Bertz CT molecular complexity index is 573. The maximum atomic E-state index is 12.4. The molecule has 1 aliphatic rings. The minimum absolute atomic E-state index is 0.176. The maximum absolute atomic E-state index is 12.4. The molecule has 2 rings (SSSR count). The van der Waals surface area contributed by atoms with Crippen LogP contribution in [0.15, 0.2) is 24.3 Å². The first-order valence-corrected chi connectivity index (χ1v) is 7.47. The van der Waals surface area contributed by atoms with Crippen molar-refractivity contribution in [2.75, 3.05) is 20.1 Å². The van der Waals surface area contributed by atoms with Gasteiger partial charge in [-0.05, 0) is 40.3 Å². The number of nitrogens with zero attached hydrogens (tertiary/aromatic N) is 2. The summed E-state index contributed by atoms with van der Waals surface area (Å²) in [6.07, 6.45) is 0.383. The Labute approximate surface area is 135 Å². The molecular formula is C14H15IN2O4. The van der Waals surface area contributed by atoms with E-state index in [1.54, 1.807) is 7.05 Å². The van der Waals surface area contributed by atoms with Gasteiger partial charge in [-0.3, -0.25) is 14.4 Å². The van der Waals surface area contributed by atoms with Crippen molar-refractivity contribution in [3.05, 3.63) is 33.4 Å². The second-order valence-electron chi connectivity index (χ2n) is 4.94. The molecule has 0 bridgehead atoms. The van der Waals surface area contributed by atoms with E-state index >= 15 is 0 Å². The first-order valence-electron chi connectivity index (χ1n) is 6.39. The van der Waals surface area contributed by atoms with Crippen molar-refractivity contribution in [2.45, 2.75) is 12.5 Å². The summed E-state index contributed by atoms with van der Waals surface area (Å²) in [6, 6.07) is 7.03. The molecule has 6 nitrogen and oxygen atoms in total. The van der Waals surface area contributed by atoms with Crippen molar-refractivity contribution in [1.29, 1.82) is 0 Å².